The number of hydrogen-bond donors (Lipinski definition) is 1. The van der Waals surface area contributed by atoms with E-state index in [1.54, 1.807) is 6.19 Å². The highest BCUT2D eigenvalue weighted by atomic mass is 32.1. The number of nitrogens with one attached hydrogen (secondary N) is 1. The third kappa shape index (κ3) is 4.39. The Balaban J connectivity index is 2.33. The van der Waals surface area contributed by atoms with Gasteiger partial charge in [-0.3, -0.25) is 19.2 Å². The first kappa shape index (κ1) is 20.7. The zero-order valence-corrected chi connectivity index (χ0v) is 15.9. The Kier molecular flexibility index (Phi) is 5.79. The Morgan fingerprint density at radius 3 is 2.59 bits per heavy atom. The van der Waals surface area contributed by atoms with E-state index in [9.17, 15) is 22.8 Å². The Bertz CT molecular complexity index is 910. The lowest BCUT2D eigenvalue weighted by atomic mass is 10.0. The van der Waals surface area contributed by atoms with Gasteiger partial charge in [0.05, 0.1) is 4.88 Å². The van der Waals surface area contributed by atoms with Gasteiger partial charge in [0.15, 0.2) is 11.9 Å². The van der Waals surface area contributed by atoms with Crippen LogP contribution in [-0.4, -0.2) is 39.6 Å². The average molecular weight is 401 g/mol. The zero-order chi connectivity index (χ0) is 20.5. The van der Waals surface area contributed by atoms with E-state index in [1.165, 1.54) is 14.1 Å². The monoisotopic (exact) mass is 401 g/mol. The molecule has 7 nitrogen and oxygen atoms in total. The Morgan fingerprint density at radius 1 is 1.44 bits per heavy atom. The third-order valence-electron chi connectivity index (χ3n) is 3.79. The number of aryl methyl sites for hydroxylation is 1. The number of halogens is 3. The van der Waals surface area contributed by atoms with Crippen molar-refractivity contribution in [2.24, 2.45) is 13.0 Å². The number of carbonyl (C=O) groups is 2. The number of alkyl halides is 3. The lowest BCUT2D eigenvalue weighted by Gasteiger charge is -2.21. The van der Waals surface area contributed by atoms with E-state index in [4.69, 9.17) is 5.26 Å². The maximum absolute atomic E-state index is 13.1. The van der Waals surface area contributed by atoms with Crippen molar-refractivity contribution in [3.63, 3.8) is 0 Å². The molecule has 146 valence electrons. The number of rotatable bonds is 5. The average Bonchev–Trinajstić information content (AvgIpc) is 3.12. The predicted molar refractivity (Wildman–Crippen MR) is 92.7 cm³/mol. The lowest BCUT2D eigenvalue weighted by molar-refractivity contribution is -0.140. The first-order valence-electron chi connectivity index (χ1n) is 7.97. The maximum Gasteiger partial charge on any atom is 0.435 e. The van der Waals surface area contributed by atoms with Gasteiger partial charge in [0.1, 0.15) is 10.9 Å². The molecule has 2 rings (SSSR count). The van der Waals surface area contributed by atoms with Crippen LogP contribution >= 0.6 is 11.3 Å². The number of aromatic nitrogens is 2. The SMILES string of the molecule is CC(C)C[C@H](NC(=O)c1cc2c(C(F)(F)F)nn(C)c2s1)C(=O)N(C)C#N. The van der Waals surface area contributed by atoms with Crippen LogP contribution in [0.4, 0.5) is 13.2 Å². The first-order valence-corrected chi connectivity index (χ1v) is 8.79. The summed E-state index contributed by atoms with van der Waals surface area (Å²) in [4.78, 5) is 25.8. The van der Waals surface area contributed by atoms with Crippen LogP contribution in [0.25, 0.3) is 10.2 Å². The summed E-state index contributed by atoms with van der Waals surface area (Å²) < 4.78 is 40.3. The molecule has 27 heavy (non-hydrogen) atoms. The summed E-state index contributed by atoms with van der Waals surface area (Å²) in [5.74, 6) is -1.21. The number of thiophene rings is 1. The molecule has 0 saturated heterocycles. The summed E-state index contributed by atoms with van der Waals surface area (Å²) in [7, 11) is 2.64. The summed E-state index contributed by atoms with van der Waals surface area (Å²) in [5, 5.41) is 14.7. The van der Waals surface area contributed by atoms with E-state index < -0.39 is 29.7 Å². The molecule has 0 fully saturated rings. The molecule has 0 unspecified atom stereocenters. The van der Waals surface area contributed by atoms with Crippen molar-refractivity contribution < 1.29 is 22.8 Å². The number of likely N-dealkylation sites (N-methyl/N-ethyl adjacent to an activating group) is 1. The number of hydrogen-bond acceptors (Lipinski definition) is 5. The van der Waals surface area contributed by atoms with Gasteiger partial charge in [-0.15, -0.1) is 11.3 Å². The molecule has 0 aliphatic rings. The fraction of sp³-hybridized carbons (Fsp3) is 0.500. The van der Waals surface area contributed by atoms with Gasteiger partial charge in [-0.2, -0.15) is 23.5 Å². The number of nitrogens with zero attached hydrogens (tertiary/aromatic N) is 4. The molecule has 0 aromatic carbocycles. The molecule has 2 aromatic heterocycles. The largest absolute Gasteiger partial charge is 0.435 e. The number of fused-ring (bicyclic) bond motifs is 1. The van der Waals surface area contributed by atoms with Gasteiger partial charge in [-0.1, -0.05) is 13.8 Å². The fourth-order valence-electron chi connectivity index (χ4n) is 2.57. The minimum Gasteiger partial charge on any atom is -0.339 e. The highest BCUT2D eigenvalue weighted by Crippen LogP contribution is 2.37. The van der Waals surface area contributed by atoms with E-state index >= 15 is 0 Å². The molecule has 2 aromatic rings. The number of carbonyl (C=O) groups excluding carboxylic acids is 2. The highest BCUT2D eigenvalue weighted by molar-refractivity contribution is 7.20. The fourth-order valence-corrected chi connectivity index (χ4v) is 3.54. The molecule has 1 atom stereocenters. The van der Waals surface area contributed by atoms with Gasteiger partial charge < -0.3 is 5.32 Å². The molecule has 11 heteroatoms. The van der Waals surface area contributed by atoms with Crippen LogP contribution < -0.4 is 5.32 Å². The van der Waals surface area contributed by atoms with Gasteiger partial charge in [0.2, 0.25) is 0 Å². The topological polar surface area (TPSA) is 91.0 Å². The lowest BCUT2D eigenvalue weighted by Crippen LogP contribution is -2.46. The van der Waals surface area contributed by atoms with Crippen molar-refractivity contribution in [1.82, 2.24) is 20.0 Å². The maximum atomic E-state index is 13.1. The van der Waals surface area contributed by atoms with Crippen molar-refractivity contribution in [1.29, 1.82) is 5.26 Å². The van der Waals surface area contributed by atoms with E-state index in [2.05, 4.69) is 10.4 Å². The minimum absolute atomic E-state index is 0.0321. The van der Waals surface area contributed by atoms with Crippen LogP contribution in [0.2, 0.25) is 0 Å². The normalized spacial score (nSPS) is 12.9. The summed E-state index contributed by atoms with van der Waals surface area (Å²) in [6, 6.07) is 0.170. The first-order chi connectivity index (χ1) is 12.5. The summed E-state index contributed by atoms with van der Waals surface area (Å²) in [6.45, 7) is 3.69. The third-order valence-corrected chi connectivity index (χ3v) is 5.00. The van der Waals surface area contributed by atoms with E-state index in [1.807, 2.05) is 13.8 Å². The second kappa shape index (κ2) is 7.56. The molecule has 0 bridgehead atoms. The van der Waals surface area contributed by atoms with Crippen LogP contribution in [0.1, 0.15) is 35.6 Å². The second-order valence-electron chi connectivity index (χ2n) is 6.45. The van der Waals surface area contributed by atoms with E-state index in [0.29, 0.717) is 0 Å². The molecular formula is C16H18F3N5O2S. The predicted octanol–water partition coefficient (Wildman–Crippen LogP) is 2.74. The van der Waals surface area contributed by atoms with E-state index in [0.717, 1.165) is 27.0 Å². The molecule has 0 saturated carbocycles. The van der Waals surface area contributed by atoms with Crippen molar-refractivity contribution in [3.05, 3.63) is 16.6 Å². The van der Waals surface area contributed by atoms with Crippen molar-refractivity contribution in [3.8, 4) is 6.19 Å². The van der Waals surface area contributed by atoms with Crippen LogP contribution in [0.5, 0.6) is 0 Å². The number of amides is 2. The van der Waals surface area contributed by atoms with Crippen molar-refractivity contribution in [2.45, 2.75) is 32.5 Å². The molecular weight excluding hydrogens is 383 g/mol. The summed E-state index contributed by atoms with van der Waals surface area (Å²) in [6.07, 6.45) is -2.67. The van der Waals surface area contributed by atoms with Crippen LogP contribution in [0.3, 0.4) is 0 Å². The highest BCUT2D eigenvalue weighted by Gasteiger charge is 2.37. The second-order valence-corrected chi connectivity index (χ2v) is 7.48. The molecule has 2 heterocycles. The van der Waals surface area contributed by atoms with Gasteiger partial charge in [-0.25, -0.2) is 0 Å². The van der Waals surface area contributed by atoms with Crippen LogP contribution in [-0.2, 0) is 18.0 Å². The molecule has 0 spiro atoms. The van der Waals surface area contributed by atoms with Gasteiger partial charge >= 0.3 is 6.18 Å². The molecule has 1 N–H and O–H groups in total. The summed E-state index contributed by atoms with van der Waals surface area (Å²) >= 11 is 0.854. The number of nitriles is 1. The van der Waals surface area contributed by atoms with Crippen LogP contribution in [0.15, 0.2) is 6.07 Å². The van der Waals surface area contributed by atoms with Crippen LogP contribution in [0, 0.1) is 17.4 Å². The Hall–Kier alpha value is -2.61. The smallest absolute Gasteiger partial charge is 0.339 e. The molecule has 0 radical (unpaired) electrons. The Labute approximate surface area is 157 Å². The molecule has 2 amide bonds. The van der Waals surface area contributed by atoms with E-state index in [-0.39, 0.29) is 27.4 Å². The van der Waals surface area contributed by atoms with Gasteiger partial charge in [0, 0.05) is 19.5 Å². The van der Waals surface area contributed by atoms with Crippen molar-refractivity contribution >= 4 is 33.4 Å². The van der Waals surface area contributed by atoms with Gasteiger partial charge in [-0.05, 0) is 18.4 Å². The quantitative estimate of drug-likeness (QED) is 0.616. The standard InChI is InChI=1S/C16H18F3N5O2S/c1-8(2)5-10(14(26)23(3)7-20)21-13(25)11-6-9-12(16(17,18)19)22-24(4)15(9)27-11/h6,8,10H,5H2,1-4H3,(H,21,25)/t10-/m0/s1. The Morgan fingerprint density at radius 2 is 2.07 bits per heavy atom. The molecule has 0 aliphatic carbocycles. The minimum atomic E-state index is -4.64. The van der Waals surface area contributed by atoms with Gasteiger partial charge in [0.25, 0.3) is 11.8 Å². The molecule has 0 aliphatic heterocycles. The summed E-state index contributed by atoms with van der Waals surface area (Å²) in [5.41, 5.74) is -1.06. The van der Waals surface area contributed by atoms with Crippen molar-refractivity contribution in [2.75, 3.05) is 7.05 Å². The zero-order valence-electron chi connectivity index (χ0n) is 15.1.